The van der Waals surface area contributed by atoms with Gasteiger partial charge in [0.25, 0.3) is 0 Å². The molecule has 0 radical (unpaired) electrons. The summed E-state index contributed by atoms with van der Waals surface area (Å²) < 4.78 is 5.23. The summed E-state index contributed by atoms with van der Waals surface area (Å²) in [5, 5.41) is 8.93. The molecule has 0 bridgehead atoms. The molecule has 94 valence electrons. The zero-order valence-corrected chi connectivity index (χ0v) is 10.5. The number of hydrogen-bond acceptors (Lipinski definition) is 3. The number of aliphatic carboxylic acids is 1. The maximum absolute atomic E-state index is 10.8. The van der Waals surface area contributed by atoms with Crippen molar-refractivity contribution in [2.75, 3.05) is 26.8 Å². The molecule has 0 aromatic carbocycles. The molecule has 1 N–H and O–H groups in total. The first-order valence-corrected chi connectivity index (χ1v) is 6.02. The van der Waals surface area contributed by atoms with Crippen LogP contribution in [0.5, 0.6) is 0 Å². The Hall–Kier alpha value is -0.610. The minimum atomic E-state index is -0.646. The summed E-state index contributed by atoms with van der Waals surface area (Å²) in [7, 11) is 1.72. The normalized spacial score (nSPS) is 21.2. The molecule has 0 aromatic rings. The van der Waals surface area contributed by atoms with Gasteiger partial charge in [0.15, 0.2) is 0 Å². The first-order valence-electron chi connectivity index (χ1n) is 6.02. The van der Waals surface area contributed by atoms with Crippen molar-refractivity contribution in [1.82, 2.24) is 4.90 Å². The molecule has 1 aliphatic heterocycles. The van der Waals surface area contributed by atoms with Crippen LogP contribution in [-0.2, 0) is 9.53 Å². The highest BCUT2D eigenvalue weighted by molar-refractivity contribution is 5.70. The van der Waals surface area contributed by atoms with Crippen LogP contribution in [0, 0.1) is 11.8 Å². The first-order chi connectivity index (χ1) is 7.56. The Morgan fingerprint density at radius 3 is 2.38 bits per heavy atom. The zero-order chi connectivity index (χ0) is 12.1. The minimum Gasteiger partial charge on any atom is -0.481 e. The fourth-order valence-corrected chi connectivity index (χ4v) is 2.37. The molecule has 1 heterocycles. The third kappa shape index (κ3) is 3.46. The molecule has 16 heavy (non-hydrogen) atoms. The van der Waals surface area contributed by atoms with Crippen molar-refractivity contribution < 1.29 is 14.6 Å². The Labute approximate surface area is 97.6 Å². The lowest BCUT2D eigenvalue weighted by Crippen LogP contribution is -2.47. The van der Waals surface area contributed by atoms with Gasteiger partial charge in [-0.05, 0) is 31.8 Å². The third-order valence-electron chi connectivity index (χ3n) is 3.45. The van der Waals surface area contributed by atoms with E-state index in [2.05, 4.69) is 18.7 Å². The molecule has 1 aliphatic rings. The molecule has 4 nitrogen and oxygen atoms in total. The highest BCUT2D eigenvalue weighted by Gasteiger charge is 2.29. The Morgan fingerprint density at radius 2 is 2.00 bits per heavy atom. The summed E-state index contributed by atoms with van der Waals surface area (Å²) in [6, 6.07) is 0.416. The monoisotopic (exact) mass is 229 g/mol. The van der Waals surface area contributed by atoms with E-state index in [1.54, 1.807) is 7.11 Å². The molecule has 1 atom stereocenters. The van der Waals surface area contributed by atoms with Gasteiger partial charge in [-0.1, -0.05) is 13.8 Å². The number of carboxylic acid groups (broad SMARTS) is 1. The van der Waals surface area contributed by atoms with E-state index in [0.29, 0.717) is 12.0 Å². The molecular weight excluding hydrogens is 206 g/mol. The summed E-state index contributed by atoms with van der Waals surface area (Å²) >= 11 is 0. The average molecular weight is 229 g/mol. The van der Waals surface area contributed by atoms with Crippen molar-refractivity contribution in [1.29, 1.82) is 0 Å². The van der Waals surface area contributed by atoms with E-state index in [0.717, 1.165) is 32.5 Å². The maximum atomic E-state index is 10.8. The molecule has 0 saturated carbocycles. The van der Waals surface area contributed by atoms with E-state index >= 15 is 0 Å². The quantitative estimate of drug-likeness (QED) is 0.775. The standard InChI is InChI=1S/C12H23NO3/c1-9(2)11(8-16-3)13-6-4-10(5-7-13)12(14)15/h9-11H,4-8H2,1-3H3,(H,14,15). The fourth-order valence-electron chi connectivity index (χ4n) is 2.37. The lowest BCUT2D eigenvalue weighted by Gasteiger charge is -2.38. The third-order valence-corrected chi connectivity index (χ3v) is 3.45. The summed E-state index contributed by atoms with van der Waals surface area (Å²) in [5.41, 5.74) is 0. The van der Waals surface area contributed by atoms with Gasteiger partial charge in [0.1, 0.15) is 0 Å². The number of hydrogen-bond donors (Lipinski definition) is 1. The van der Waals surface area contributed by atoms with Gasteiger partial charge in [0.2, 0.25) is 0 Å². The predicted molar refractivity (Wildman–Crippen MR) is 62.4 cm³/mol. The van der Waals surface area contributed by atoms with Crippen molar-refractivity contribution in [2.24, 2.45) is 11.8 Å². The largest absolute Gasteiger partial charge is 0.481 e. The van der Waals surface area contributed by atoms with Crippen LogP contribution in [0.2, 0.25) is 0 Å². The van der Waals surface area contributed by atoms with Crippen LogP contribution in [0.4, 0.5) is 0 Å². The lowest BCUT2D eigenvalue weighted by atomic mass is 9.93. The molecule has 1 saturated heterocycles. The summed E-state index contributed by atoms with van der Waals surface area (Å²) in [4.78, 5) is 13.2. The number of methoxy groups -OCH3 is 1. The highest BCUT2D eigenvalue weighted by Crippen LogP contribution is 2.22. The van der Waals surface area contributed by atoms with E-state index in [-0.39, 0.29) is 5.92 Å². The smallest absolute Gasteiger partial charge is 0.306 e. The Morgan fingerprint density at radius 1 is 1.44 bits per heavy atom. The van der Waals surface area contributed by atoms with Crippen LogP contribution in [0.15, 0.2) is 0 Å². The molecule has 0 aromatic heterocycles. The van der Waals surface area contributed by atoms with Crippen molar-refractivity contribution in [3.63, 3.8) is 0 Å². The van der Waals surface area contributed by atoms with Gasteiger partial charge in [-0.15, -0.1) is 0 Å². The van der Waals surface area contributed by atoms with Crippen molar-refractivity contribution >= 4 is 5.97 Å². The second kappa shape index (κ2) is 6.21. The van der Waals surface area contributed by atoms with Gasteiger partial charge in [-0.3, -0.25) is 9.69 Å². The second-order valence-corrected chi connectivity index (χ2v) is 4.92. The van der Waals surface area contributed by atoms with E-state index in [1.165, 1.54) is 0 Å². The molecule has 0 amide bonds. The summed E-state index contributed by atoms with van der Waals surface area (Å²) in [6.45, 7) is 6.86. The van der Waals surface area contributed by atoms with E-state index in [4.69, 9.17) is 9.84 Å². The first kappa shape index (κ1) is 13.5. The van der Waals surface area contributed by atoms with E-state index in [9.17, 15) is 4.79 Å². The minimum absolute atomic E-state index is 0.147. The summed E-state index contributed by atoms with van der Waals surface area (Å²) in [6.07, 6.45) is 1.53. The highest BCUT2D eigenvalue weighted by atomic mass is 16.5. The van der Waals surface area contributed by atoms with Crippen molar-refractivity contribution in [3.05, 3.63) is 0 Å². The Bertz CT molecular complexity index is 222. The lowest BCUT2D eigenvalue weighted by molar-refractivity contribution is -0.143. The average Bonchev–Trinajstić information content (AvgIpc) is 2.25. The number of piperidine rings is 1. The second-order valence-electron chi connectivity index (χ2n) is 4.92. The van der Waals surface area contributed by atoms with Crippen LogP contribution in [0.1, 0.15) is 26.7 Å². The molecular formula is C12H23NO3. The number of rotatable bonds is 5. The van der Waals surface area contributed by atoms with Gasteiger partial charge in [-0.2, -0.15) is 0 Å². The van der Waals surface area contributed by atoms with Gasteiger partial charge in [0.05, 0.1) is 12.5 Å². The Kier molecular flexibility index (Phi) is 5.22. The molecule has 1 rings (SSSR count). The SMILES string of the molecule is COCC(C(C)C)N1CCC(C(=O)O)CC1. The van der Waals surface area contributed by atoms with Crippen LogP contribution >= 0.6 is 0 Å². The number of carbonyl (C=O) groups is 1. The maximum Gasteiger partial charge on any atom is 0.306 e. The van der Waals surface area contributed by atoms with Crippen molar-refractivity contribution in [2.45, 2.75) is 32.7 Å². The van der Waals surface area contributed by atoms with Gasteiger partial charge < -0.3 is 9.84 Å². The molecule has 0 spiro atoms. The number of likely N-dealkylation sites (tertiary alicyclic amines) is 1. The van der Waals surface area contributed by atoms with Crippen LogP contribution < -0.4 is 0 Å². The summed E-state index contributed by atoms with van der Waals surface area (Å²) in [5.74, 6) is -0.250. The van der Waals surface area contributed by atoms with E-state index in [1.807, 2.05) is 0 Å². The van der Waals surface area contributed by atoms with Crippen LogP contribution in [0.3, 0.4) is 0 Å². The molecule has 4 heteroatoms. The van der Waals surface area contributed by atoms with Crippen LogP contribution in [-0.4, -0.2) is 48.8 Å². The number of carboxylic acids is 1. The topological polar surface area (TPSA) is 49.8 Å². The van der Waals surface area contributed by atoms with E-state index < -0.39 is 5.97 Å². The van der Waals surface area contributed by atoms with Gasteiger partial charge in [0, 0.05) is 13.2 Å². The fraction of sp³-hybridized carbons (Fsp3) is 0.917. The van der Waals surface area contributed by atoms with Crippen molar-refractivity contribution in [3.8, 4) is 0 Å². The van der Waals surface area contributed by atoms with Crippen LogP contribution in [0.25, 0.3) is 0 Å². The predicted octanol–water partition coefficient (Wildman–Crippen LogP) is 1.45. The number of ether oxygens (including phenoxy) is 1. The number of nitrogens with zero attached hydrogens (tertiary/aromatic N) is 1. The molecule has 1 unspecified atom stereocenters. The van der Waals surface area contributed by atoms with Gasteiger partial charge >= 0.3 is 5.97 Å². The zero-order valence-electron chi connectivity index (χ0n) is 10.5. The Balaban J connectivity index is 2.47. The van der Waals surface area contributed by atoms with Gasteiger partial charge in [-0.25, -0.2) is 0 Å². The molecule has 1 fully saturated rings. The molecule has 0 aliphatic carbocycles.